The predicted molar refractivity (Wildman–Crippen MR) is 84.7 cm³/mol. The molecule has 11 heteroatoms. The van der Waals surface area contributed by atoms with Gasteiger partial charge in [0.1, 0.15) is 18.0 Å². The molecule has 0 aromatic carbocycles. The van der Waals surface area contributed by atoms with Gasteiger partial charge in [0, 0.05) is 13.2 Å². The highest BCUT2D eigenvalue weighted by Crippen LogP contribution is 2.41. The van der Waals surface area contributed by atoms with Crippen LogP contribution in [-0.2, 0) is 19.9 Å². The van der Waals surface area contributed by atoms with Crippen molar-refractivity contribution in [1.29, 1.82) is 0 Å². The van der Waals surface area contributed by atoms with Crippen LogP contribution in [0.3, 0.4) is 0 Å². The molecule has 28 heavy (non-hydrogen) atoms. The van der Waals surface area contributed by atoms with Crippen LogP contribution in [0, 0.1) is 5.92 Å². The number of carbonyl (C=O) groups excluding carboxylic acids is 1. The predicted octanol–water partition coefficient (Wildman–Crippen LogP) is 3.25. The summed E-state index contributed by atoms with van der Waals surface area (Å²) in [5.41, 5.74) is -2.00. The Bertz CT molecular complexity index is 745. The van der Waals surface area contributed by atoms with Crippen LogP contribution in [0.15, 0.2) is 48.4 Å². The summed E-state index contributed by atoms with van der Waals surface area (Å²) < 4.78 is 85.3. The fourth-order valence-corrected chi connectivity index (χ4v) is 2.59. The summed E-state index contributed by atoms with van der Waals surface area (Å²) in [7, 11) is 1.23. The zero-order valence-electron chi connectivity index (χ0n) is 14.5. The molecule has 1 amide bonds. The van der Waals surface area contributed by atoms with E-state index in [1.54, 1.807) is 0 Å². The molecule has 0 radical (unpaired) electrons. The summed E-state index contributed by atoms with van der Waals surface area (Å²) in [4.78, 5) is 16.3. The first-order valence-corrected chi connectivity index (χ1v) is 7.91. The van der Waals surface area contributed by atoms with Crippen molar-refractivity contribution in [3.05, 3.63) is 54.1 Å². The highest BCUT2D eigenvalue weighted by Gasteiger charge is 2.48. The second kappa shape index (κ2) is 8.21. The molecular formula is C17H16F6N2O3. The highest BCUT2D eigenvalue weighted by atomic mass is 19.4. The van der Waals surface area contributed by atoms with Gasteiger partial charge in [-0.2, -0.15) is 26.3 Å². The van der Waals surface area contributed by atoms with Gasteiger partial charge in [0.05, 0.1) is 11.6 Å². The van der Waals surface area contributed by atoms with E-state index in [2.05, 4.69) is 15.0 Å². The Morgan fingerprint density at radius 1 is 1.18 bits per heavy atom. The number of allylic oxidation sites excluding steroid dienone is 1. The average molecular weight is 410 g/mol. The molecule has 1 aromatic heterocycles. The molecule has 0 unspecified atom stereocenters. The van der Waals surface area contributed by atoms with Gasteiger partial charge in [-0.25, -0.2) is 0 Å². The van der Waals surface area contributed by atoms with Gasteiger partial charge >= 0.3 is 12.4 Å². The van der Waals surface area contributed by atoms with Crippen molar-refractivity contribution in [3.63, 3.8) is 0 Å². The topological polar surface area (TPSA) is 60.5 Å². The van der Waals surface area contributed by atoms with Crippen molar-refractivity contribution in [1.82, 2.24) is 10.3 Å². The smallest absolute Gasteiger partial charge is 0.422 e. The Labute approximate surface area is 156 Å². The maximum atomic E-state index is 12.8. The first kappa shape index (κ1) is 21.7. The Kier molecular flexibility index (Phi) is 6.37. The van der Waals surface area contributed by atoms with Gasteiger partial charge in [-0.05, 0) is 30.4 Å². The lowest BCUT2D eigenvalue weighted by atomic mass is 9.79. The third-order valence-electron chi connectivity index (χ3n) is 3.76. The second-order valence-electron chi connectivity index (χ2n) is 5.81. The fraction of sp³-hybridized carbons (Fsp3) is 0.412. The fourth-order valence-electron chi connectivity index (χ4n) is 2.59. The quantitative estimate of drug-likeness (QED) is 0.732. The summed E-state index contributed by atoms with van der Waals surface area (Å²) >= 11 is 0. The zero-order chi connectivity index (χ0) is 21.0. The van der Waals surface area contributed by atoms with Crippen LogP contribution in [0.2, 0.25) is 0 Å². The maximum Gasteiger partial charge on any atom is 0.422 e. The molecule has 1 aromatic rings. The monoisotopic (exact) mass is 410 g/mol. The molecule has 1 aliphatic rings. The molecule has 1 N–H and O–H groups in total. The minimum absolute atomic E-state index is 0.0183. The van der Waals surface area contributed by atoms with Gasteiger partial charge in [-0.15, -0.1) is 0 Å². The summed E-state index contributed by atoms with van der Waals surface area (Å²) in [6, 6.07) is 4.34. The molecular weight excluding hydrogens is 394 g/mol. The van der Waals surface area contributed by atoms with E-state index >= 15 is 0 Å². The Morgan fingerprint density at radius 2 is 1.86 bits per heavy atom. The molecule has 0 aliphatic heterocycles. The van der Waals surface area contributed by atoms with Crippen molar-refractivity contribution >= 4 is 5.91 Å². The van der Waals surface area contributed by atoms with Crippen LogP contribution >= 0.6 is 0 Å². The second-order valence-corrected chi connectivity index (χ2v) is 5.81. The number of rotatable bonds is 6. The van der Waals surface area contributed by atoms with Crippen LogP contribution in [0.25, 0.3) is 0 Å². The summed E-state index contributed by atoms with van der Waals surface area (Å²) in [5.74, 6) is -2.57. The van der Waals surface area contributed by atoms with Gasteiger partial charge in [0.2, 0.25) is 5.91 Å². The van der Waals surface area contributed by atoms with Crippen molar-refractivity contribution in [3.8, 4) is 0 Å². The van der Waals surface area contributed by atoms with E-state index < -0.39 is 43.0 Å². The number of nitrogens with zero attached hydrogens (tertiary/aromatic N) is 1. The first-order valence-electron chi connectivity index (χ1n) is 7.91. The van der Waals surface area contributed by atoms with Crippen LogP contribution in [0.5, 0.6) is 0 Å². The SMILES string of the molecule is CNC(=O)[C@@H]1C=C(OCC(F)(F)F)C=C[C@@]1(OCC(F)(F)F)c1ccccn1. The number of hydrogen-bond donors (Lipinski definition) is 1. The molecule has 2 atom stereocenters. The largest absolute Gasteiger partial charge is 0.484 e. The number of aromatic nitrogens is 1. The standard InChI is InChI=1S/C17H16F6N2O3/c1-24-14(26)12-8-11(27-9-16(18,19)20)5-6-15(12,28-10-17(21,22)23)13-4-2-3-7-25-13/h2-8,12H,9-10H2,1H3,(H,24,26)/t12-,15-/m0/s1. The number of ether oxygens (including phenoxy) is 2. The first-order chi connectivity index (χ1) is 13.0. The Balaban J connectivity index is 2.46. The normalized spacial score (nSPS) is 22.5. The van der Waals surface area contributed by atoms with E-state index in [0.717, 1.165) is 18.2 Å². The molecule has 0 fully saturated rings. The number of nitrogens with one attached hydrogen (secondary N) is 1. The number of carbonyl (C=O) groups is 1. The van der Waals surface area contributed by atoms with Gasteiger partial charge in [0.15, 0.2) is 6.61 Å². The van der Waals surface area contributed by atoms with E-state index in [9.17, 15) is 31.1 Å². The van der Waals surface area contributed by atoms with Crippen molar-refractivity contribution in [2.75, 3.05) is 20.3 Å². The molecule has 1 heterocycles. The molecule has 1 aliphatic carbocycles. The lowest BCUT2D eigenvalue weighted by Gasteiger charge is -2.38. The van der Waals surface area contributed by atoms with E-state index in [0.29, 0.717) is 0 Å². The third-order valence-corrected chi connectivity index (χ3v) is 3.76. The molecule has 2 rings (SSSR count). The van der Waals surface area contributed by atoms with Gasteiger partial charge in [-0.1, -0.05) is 6.07 Å². The van der Waals surface area contributed by atoms with Crippen LogP contribution < -0.4 is 5.32 Å². The third kappa shape index (κ3) is 5.47. The summed E-state index contributed by atoms with van der Waals surface area (Å²) in [5, 5.41) is 2.27. The van der Waals surface area contributed by atoms with E-state index in [-0.39, 0.29) is 11.5 Å². The molecule has 154 valence electrons. The van der Waals surface area contributed by atoms with E-state index in [1.165, 1.54) is 31.4 Å². The number of pyridine rings is 1. The maximum absolute atomic E-state index is 12.8. The van der Waals surface area contributed by atoms with Crippen molar-refractivity contribution in [2.24, 2.45) is 5.92 Å². The van der Waals surface area contributed by atoms with E-state index in [1.807, 2.05) is 0 Å². The highest BCUT2D eigenvalue weighted by molar-refractivity contribution is 5.82. The summed E-state index contributed by atoms with van der Waals surface area (Å²) in [6.07, 6.45) is -4.99. The van der Waals surface area contributed by atoms with E-state index in [4.69, 9.17) is 4.74 Å². The van der Waals surface area contributed by atoms with Gasteiger partial charge in [-0.3, -0.25) is 9.78 Å². The van der Waals surface area contributed by atoms with Crippen LogP contribution in [0.4, 0.5) is 26.3 Å². The molecule has 0 saturated heterocycles. The minimum atomic E-state index is -4.71. The van der Waals surface area contributed by atoms with Crippen molar-refractivity contribution in [2.45, 2.75) is 18.0 Å². The minimum Gasteiger partial charge on any atom is -0.484 e. The number of amides is 1. The molecule has 5 nitrogen and oxygen atoms in total. The summed E-state index contributed by atoms with van der Waals surface area (Å²) in [6.45, 7) is -3.32. The Hall–Kier alpha value is -2.56. The molecule has 0 spiro atoms. The molecule has 0 saturated carbocycles. The number of alkyl halides is 6. The average Bonchev–Trinajstić information content (AvgIpc) is 2.64. The lowest BCUT2D eigenvalue weighted by molar-refractivity contribution is -0.207. The lowest BCUT2D eigenvalue weighted by Crippen LogP contribution is -2.47. The zero-order valence-corrected chi connectivity index (χ0v) is 14.5. The van der Waals surface area contributed by atoms with Crippen molar-refractivity contribution < 1.29 is 40.6 Å². The van der Waals surface area contributed by atoms with Crippen LogP contribution in [0.1, 0.15) is 5.69 Å². The number of hydrogen-bond acceptors (Lipinski definition) is 4. The van der Waals surface area contributed by atoms with Gasteiger partial charge < -0.3 is 14.8 Å². The molecule has 0 bridgehead atoms. The Morgan fingerprint density at radius 3 is 2.39 bits per heavy atom. The van der Waals surface area contributed by atoms with Crippen LogP contribution in [-0.4, -0.2) is 43.5 Å². The van der Waals surface area contributed by atoms with Gasteiger partial charge in [0.25, 0.3) is 0 Å². The number of halogens is 6.